The van der Waals surface area contributed by atoms with Gasteiger partial charge in [0.1, 0.15) is 22.9 Å². The summed E-state index contributed by atoms with van der Waals surface area (Å²) in [7, 11) is 1.58. The first kappa shape index (κ1) is 17.7. The molecule has 0 bridgehead atoms. The zero-order valence-electron chi connectivity index (χ0n) is 13.4. The second-order valence-electron chi connectivity index (χ2n) is 5.57. The van der Waals surface area contributed by atoms with Gasteiger partial charge >= 0.3 is 5.97 Å². The van der Waals surface area contributed by atoms with Gasteiger partial charge in [-0.2, -0.15) is 0 Å². The van der Waals surface area contributed by atoms with E-state index in [0.29, 0.717) is 15.8 Å². The Hall–Kier alpha value is -2.15. The number of carboxylic acids is 1. The van der Waals surface area contributed by atoms with Crippen LogP contribution in [0.4, 0.5) is 5.69 Å². The van der Waals surface area contributed by atoms with Crippen LogP contribution in [0, 0.1) is 0 Å². The number of nitrogens with one attached hydrogen (secondary N) is 1. The topological polar surface area (TPSA) is 67.8 Å². The number of rotatable bonds is 4. The molecule has 0 unspecified atom stereocenters. The SMILES string of the molecule is COc1ccccc1[C@@H]1O[C@@H](CC(=O)O)C(=S)Nc2ccc(Cl)cc21. The van der Waals surface area contributed by atoms with E-state index >= 15 is 0 Å². The smallest absolute Gasteiger partial charge is 0.306 e. The molecular formula is C18H16ClNO4S. The van der Waals surface area contributed by atoms with Gasteiger partial charge in [-0.15, -0.1) is 0 Å². The van der Waals surface area contributed by atoms with Gasteiger partial charge in [0.25, 0.3) is 0 Å². The van der Waals surface area contributed by atoms with Gasteiger partial charge in [-0.05, 0) is 24.3 Å². The summed E-state index contributed by atoms with van der Waals surface area (Å²) in [6.07, 6.45) is -1.57. The molecule has 0 aliphatic carbocycles. The molecule has 1 aliphatic heterocycles. The highest BCUT2D eigenvalue weighted by atomic mass is 35.5. The zero-order valence-corrected chi connectivity index (χ0v) is 14.9. The van der Waals surface area contributed by atoms with E-state index in [-0.39, 0.29) is 6.42 Å². The van der Waals surface area contributed by atoms with Crippen molar-refractivity contribution in [2.24, 2.45) is 0 Å². The molecule has 3 rings (SSSR count). The van der Waals surface area contributed by atoms with Crippen LogP contribution < -0.4 is 10.1 Å². The third-order valence-electron chi connectivity index (χ3n) is 3.93. The molecule has 0 fully saturated rings. The summed E-state index contributed by atoms with van der Waals surface area (Å²) in [5.41, 5.74) is 2.28. The molecule has 1 aliphatic rings. The highest BCUT2D eigenvalue weighted by molar-refractivity contribution is 7.80. The van der Waals surface area contributed by atoms with Gasteiger partial charge in [0, 0.05) is 21.8 Å². The average molecular weight is 378 g/mol. The van der Waals surface area contributed by atoms with E-state index < -0.39 is 18.2 Å². The van der Waals surface area contributed by atoms with Gasteiger partial charge in [-0.25, -0.2) is 0 Å². The Bertz CT molecular complexity index is 826. The van der Waals surface area contributed by atoms with Crippen LogP contribution in [0.3, 0.4) is 0 Å². The molecule has 0 aromatic heterocycles. The summed E-state index contributed by atoms with van der Waals surface area (Å²) in [6, 6.07) is 12.8. The number of halogens is 1. The van der Waals surface area contributed by atoms with Gasteiger partial charge in [0.2, 0.25) is 0 Å². The van der Waals surface area contributed by atoms with E-state index in [2.05, 4.69) is 5.32 Å². The Labute approximate surface area is 155 Å². The monoisotopic (exact) mass is 377 g/mol. The summed E-state index contributed by atoms with van der Waals surface area (Å²) in [4.78, 5) is 11.5. The Balaban J connectivity index is 2.13. The maximum absolute atomic E-state index is 11.2. The number of ether oxygens (including phenoxy) is 2. The van der Waals surface area contributed by atoms with Crippen molar-refractivity contribution in [3.05, 3.63) is 58.6 Å². The number of methoxy groups -OCH3 is 1. The zero-order chi connectivity index (χ0) is 18.0. The first-order valence-corrected chi connectivity index (χ1v) is 8.38. The fourth-order valence-corrected chi connectivity index (χ4v) is 3.23. The molecule has 0 spiro atoms. The molecule has 1 heterocycles. The van der Waals surface area contributed by atoms with Crippen LogP contribution in [0.2, 0.25) is 5.02 Å². The first-order valence-electron chi connectivity index (χ1n) is 7.60. The predicted octanol–water partition coefficient (Wildman–Crippen LogP) is 4.05. The van der Waals surface area contributed by atoms with E-state index in [1.54, 1.807) is 25.3 Å². The van der Waals surface area contributed by atoms with Crippen LogP contribution in [0.1, 0.15) is 23.7 Å². The maximum Gasteiger partial charge on any atom is 0.306 e. The van der Waals surface area contributed by atoms with Crippen molar-refractivity contribution >= 4 is 40.5 Å². The van der Waals surface area contributed by atoms with Crippen LogP contribution in [0.15, 0.2) is 42.5 Å². The molecule has 0 saturated carbocycles. The van der Waals surface area contributed by atoms with Gasteiger partial charge in [-0.1, -0.05) is 42.0 Å². The molecular weight excluding hydrogens is 362 g/mol. The molecule has 0 amide bonds. The summed E-state index contributed by atoms with van der Waals surface area (Å²) in [5.74, 6) is -0.350. The molecule has 0 saturated heterocycles. The Morgan fingerprint density at radius 1 is 1.32 bits per heavy atom. The number of hydrogen-bond acceptors (Lipinski definition) is 4. The normalized spacial score (nSPS) is 19.5. The summed E-state index contributed by atoms with van der Waals surface area (Å²) in [6.45, 7) is 0. The number of para-hydroxylation sites is 1. The second-order valence-corrected chi connectivity index (χ2v) is 6.44. The molecule has 2 atom stereocenters. The molecule has 2 N–H and O–H groups in total. The fourth-order valence-electron chi connectivity index (χ4n) is 2.80. The van der Waals surface area contributed by atoms with E-state index in [1.807, 2.05) is 24.3 Å². The highest BCUT2D eigenvalue weighted by Crippen LogP contribution is 2.40. The van der Waals surface area contributed by atoms with E-state index in [9.17, 15) is 9.90 Å². The number of carboxylic acid groups (broad SMARTS) is 1. The summed E-state index contributed by atoms with van der Waals surface area (Å²) >= 11 is 11.5. The van der Waals surface area contributed by atoms with Gasteiger partial charge in [-0.3, -0.25) is 4.79 Å². The standard InChI is InChI=1S/C18H16ClNO4S/c1-23-14-5-3-2-4-11(14)17-12-8-10(19)6-7-13(12)20-18(25)15(24-17)9-16(21)22/h2-8,15,17H,9H2,1H3,(H,20,25)(H,21,22)/t15-,17-/m0/s1. The molecule has 130 valence electrons. The van der Waals surface area contributed by atoms with Gasteiger partial charge in [0.05, 0.1) is 13.5 Å². The lowest BCUT2D eigenvalue weighted by Crippen LogP contribution is -2.30. The largest absolute Gasteiger partial charge is 0.496 e. The molecule has 5 nitrogen and oxygen atoms in total. The lowest BCUT2D eigenvalue weighted by molar-refractivity contribution is -0.139. The Kier molecular flexibility index (Phi) is 5.22. The van der Waals surface area contributed by atoms with E-state index in [0.717, 1.165) is 16.8 Å². The number of carbonyl (C=O) groups is 1. The molecule has 25 heavy (non-hydrogen) atoms. The highest BCUT2D eigenvalue weighted by Gasteiger charge is 2.32. The number of benzene rings is 2. The van der Waals surface area contributed by atoms with E-state index in [1.165, 1.54) is 0 Å². The van der Waals surface area contributed by atoms with Crippen molar-refractivity contribution in [3.63, 3.8) is 0 Å². The van der Waals surface area contributed by atoms with Crippen molar-refractivity contribution < 1.29 is 19.4 Å². The van der Waals surface area contributed by atoms with E-state index in [4.69, 9.17) is 33.3 Å². The predicted molar refractivity (Wildman–Crippen MR) is 99.6 cm³/mol. The fraction of sp³-hybridized carbons (Fsp3) is 0.222. The lowest BCUT2D eigenvalue weighted by atomic mass is 9.99. The molecule has 2 aromatic rings. The number of fused-ring (bicyclic) bond motifs is 1. The van der Waals surface area contributed by atoms with Crippen molar-refractivity contribution in [1.29, 1.82) is 0 Å². The number of aliphatic carboxylic acids is 1. The minimum absolute atomic E-state index is 0.237. The number of thiocarbonyl (C=S) groups is 1. The van der Waals surface area contributed by atoms with Crippen LogP contribution in [-0.2, 0) is 9.53 Å². The number of hydrogen-bond donors (Lipinski definition) is 2. The van der Waals surface area contributed by atoms with Gasteiger partial charge < -0.3 is 19.9 Å². The van der Waals surface area contributed by atoms with Crippen molar-refractivity contribution in [1.82, 2.24) is 0 Å². The minimum atomic E-state index is -0.989. The Morgan fingerprint density at radius 2 is 2.08 bits per heavy atom. The molecule has 2 aromatic carbocycles. The second kappa shape index (κ2) is 7.39. The minimum Gasteiger partial charge on any atom is -0.496 e. The van der Waals surface area contributed by atoms with Crippen molar-refractivity contribution in [2.45, 2.75) is 18.6 Å². The number of anilines is 1. The first-order chi connectivity index (χ1) is 12.0. The van der Waals surface area contributed by atoms with Crippen molar-refractivity contribution in [3.8, 4) is 5.75 Å². The van der Waals surface area contributed by atoms with Crippen LogP contribution in [0.5, 0.6) is 5.75 Å². The van der Waals surface area contributed by atoms with Crippen LogP contribution in [0.25, 0.3) is 0 Å². The quantitative estimate of drug-likeness (QED) is 0.783. The summed E-state index contributed by atoms with van der Waals surface area (Å²) in [5, 5.41) is 12.8. The molecule has 0 radical (unpaired) electrons. The average Bonchev–Trinajstić information content (AvgIpc) is 2.71. The van der Waals surface area contributed by atoms with Crippen LogP contribution in [-0.4, -0.2) is 29.3 Å². The third-order valence-corrected chi connectivity index (χ3v) is 4.53. The third kappa shape index (κ3) is 3.76. The van der Waals surface area contributed by atoms with Crippen molar-refractivity contribution in [2.75, 3.05) is 12.4 Å². The summed E-state index contributed by atoms with van der Waals surface area (Å²) < 4.78 is 11.6. The Morgan fingerprint density at radius 3 is 2.80 bits per heavy atom. The lowest BCUT2D eigenvalue weighted by Gasteiger charge is -2.23. The molecule has 7 heteroatoms. The van der Waals surface area contributed by atoms with Gasteiger partial charge in [0.15, 0.2) is 0 Å². The maximum atomic E-state index is 11.2. The van der Waals surface area contributed by atoms with Crippen LogP contribution >= 0.6 is 23.8 Å².